The van der Waals surface area contributed by atoms with Gasteiger partial charge in [-0.1, -0.05) is 6.07 Å². The standard InChI is InChI=1S/C13H11BrO3S/c1-16-9-4-5-12(10(14)7-9)17-8-11(15)13-3-2-6-18-13/h2-7H,8H2,1H3. The third-order valence-electron chi connectivity index (χ3n) is 2.29. The molecule has 5 heteroatoms. The van der Waals surface area contributed by atoms with Crippen LogP contribution in [0.3, 0.4) is 0 Å². The molecule has 0 aliphatic rings. The first-order valence-electron chi connectivity index (χ1n) is 5.24. The molecule has 0 saturated carbocycles. The first-order valence-corrected chi connectivity index (χ1v) is 6.91. The fraction of sp³-hybridized carbons (Fsp3) is 0.154. The van der Waals surface area contributed by atoms with Crippen molar-refractivity contribution < 1.29 is 14.3 Å². The van der Waals surface area contributed by atoms with Gasteiger partial charge in [-0.2, -0.15) is 0 Å². The molecule has 1 aromatic carbocycles. The Balaban J connectivity index is 2.00. The van der Waals surface area contributed by atoms with Crippen LogP contribution in [-0.2, 0) is 0 Å². The maximum absolute atomic E-state index is 11.8. The van der Waals surface area contributed by atoms with Gasteiger partial charge >= 0.3 is 0 Å². The lowest BCUT2D eigenvalue weighted by molar-refractivity contribution is 0.0925. The van der Waals surface area contributed by atoms with E-state index in [1.807, 2.05) is 11.4 Å². The zero-order valence-corrected chi connectivity index (χ0v) is 12.1. The van der Waals surface area contributed by atoms with Crippen LogP contribution < -0.4 is 9.47 Å². The molecule has 1 heterocycles. The Morgan fingerprint density at radius 1 is 1.39 bits per heavy atom. The molecule has 0 aliphatic carbocycles. The van der Waals surface area contributed by atoms with E-state index in [0.717, 1.165) is 10.2 Å². The van der Waals surface area contributed by atoms with E-state index in [0.29, 0.717) is 10.6 Å². The van der Waals surface area contributed by atoms with Crippen LogP contribution in [0.2, 0.25) is 0 Å². The minimum Gasteiger partial charge on any atom is -0.497 e. The van der Waals surface area contributed by atoms with Crippen molar-refractivity contribution >= 4 is 33.0 Å². The topological polar surface area (TPSA) is 35.5 Å². The SMILES string of the molecule is COc1ccc(OCC(=O)c2cccs2)c(Br)c1. The van der Waals surface area contributed by atoms with Crippen molar-refractivity contribution in [2.75, 3.05) is 13.7 Å². The molecule has 0 saturated heterocycles. The van der Waals surface area contributed by atoms with Gasteiger partial charge in [0.2, 0.25) is 5.78 Å². The van der Waals surface area contributed by atoms with Gasteiger partial charge in [0.15, 0.2) is 6.61 Å². The highest BCUT2D eigenvalue weighted by Gasteiger charge is 2.09. The summed E-state index contributed by atoms with van der Waals surface area (Å²) in [6, 6.07) is 8.99. The maximum Gasteiger partial charge on any atom is 0.210 e. The van der Waals surface area contributed by atoms with E-state index < -0.39 is 0 Å². The fourth-order valence-corrected chi connectivity index (χ4v) is 2.50. The Hall–Kier alpha value is -1.33. The Morgan fingerprint density at radius 2 is 2.22 bits per heavy atom. The number of ketones is 1. The normalized spacial score (nSPS) is 10.1. The van der Waals surface area contributed by atoms with Gasteiger partial charge in [-0.15, -0.1) is 11.3 Å². The predicted octanol–water partition coefficient (Wildman–Crippen LogP) is 3.78. The Bertz CT molecular complexity index is 537. The van der Waals surface area contributed by atoms with Crippen LogP contribution in [0.5, 0.6) is 11.5 Å². The molecule has 0 amide bonds. The van der Waals surface area contributed by atoms with Crippen molar-refractivity contribution in [1.82, 2.24) is 0 Å². The van der Waals surface area contributed by atoms with Gasteiger partial charge in [0, 0.05) is 0 Å². The molecular formula is C13H11BrO3S. The van der Waals surface area contributed by atoms with Crippen molar-refractivity contribution in [2.24, 2.45) is 0 Å². The van der Waals surface area contributed by atoms with Crippen molar-refractivity contribution in [2.45, 2.75) is 0 Å². The third kappa shape index (κ3) is 3.11. The first-order chi connectivity index (χ1) is 8.70. The zero-order chi connectivity index (χ0) is 13.0. The van der Waals surface area contributed by atoms with Crippen LogP contribution in [0.25, 0.3) is 0 Å². The number of hydrogen-bond acceptors (Lipinski definition) is 4. The van der Waals surface area contributed by atoms with Crippen molar-refractivity contribution in [3.05, 3.63) is 45.1 Å². The van der Waals surface area contributed by atoms with Gasteiger partial charge in [0.1, 0.15) is 11.5 Å². The maximum atomic E-state index is 11.8. The molecule has 0 aliphatic heterocycles. The highest BCUT2D eigenvalue weighted by atomic mass is 79.9. The molecule has 3 nitrogen and oxygen atoms in total. The number of carbonyl (C=O) groups excluding carboxylic acids is 1. The number of Topliss-reactive ketones (excluding diaryl/α,β-unsaturated/α-hetero) is 1. The van der Waals surface area contributed by atoms with Gasteiger partial charge in [-0.25, -0.2) is 0 Å². The second kappa shape index (κ2) is 6.02. The Labute approximate surface area is 117 Å². The minimum absolute atomic E-state index is 0.0206. The Kier molecular flexibility index (Phi) is 4.38. The quantitative estimate of drug-likeness (QED) is 0.784. The number of benzene rings is 1. The summed E-state index contributed by atoms with van der Waals surface area (Å²) >= 11 is 4.79. The van der Waals surface area contributed by atoms with E-state index in [1.54, 1.807) is 31.4 Å². The molecular weight excluding hydrogens is 316 g/mol. The van der Waals surface area contributed by atoms with Gasteiger partial charge in [-0.3, -0.25) is 4.79 Å². The summed E-state index contributed by atoms with van der Waals surface area (Å²) in [5.74, 6) is 1.34. The van der Waals surface area contributed by atoms with Gasteiger partial charge in [0.05, 0.1) is 16.5 Å². The molecule has 0 spiro atoms. The molecule has 0 atom stereocenters. The second-order valence-corrected chi connectivity index (χ2v) is 5.29. The van der Waals surface area contributed by atoms with E-state index in [-0.39, 0.29) is 12.4 Å². The molecule has 0 N–H and O–H groups in total. The van der Waals surface area contributed by atoms with Crippen LogP contribution >= 0.6 is 27.3 Å². The molecule has 0 unspecified atom stereocenters. The molecule has 2 rings (SSSR count). The smallest absolute Gasteiger partial charge is 0.210 e. The summed E-state index contributed by atoms with van der Waals surface area (Å²) in [6.07, 6.45) is 0. The number of ether oxygens (including phenoxy) is 2. The molecule has 0 fully saturated rings. The zero-order valence-electron chi connectivity index (χ0n) is 9.68. The van der Waals surface area contributed by atoms with Gasteiger partial charge in [0.25, 0.3) is 0 Å². The number of methoxy groups -OCH3 is 1. The molecule has 2 aromatic rings. The summed E-state index contributed by atoms with van der Waals surface area (Å²) in [6.45, 7) is 0.0332. The molecule has 1 aromatic heterocycles. The van der Waals surface area contributed by atoms with E-state index >= 15 is 0 Å². The largest absolute Gasteiger partial charge is 0.497 e. The minimum atomic E-state index is -0.0206. The van der Waals surface area contributed by atoms with E-state index in [1.165, 1.54) is 11.3 Å². The second-order valence-electron chi connectivity index (χ2n) is 3.49. The lowest BCUT2D eigenvalue weighted by Crippen LogP contribution is -2.10. The summed E-state index contributed by atoms with van der Waals surface area (Å²) in [7, 11) is 1.60. The predicted molar refractivity (Wildman–Crippen MR) is 74.8 cm³/mol. The van der Waals surface area contributed by atoms with Crippen LogP contribution in [0.1, 0.15) is 9.67 Å². The number of carbonyl (C=O) groups is 1. The van der Waals surface area contributed by atoms with Gasteiger partial charge < -0.3 is 9.47 Å². The van der Waals surface area contributed by atoms with Crippen molar-refractivity contribution in [1.29, 1.82) is 0 Å². The van der Waals surface area contributed by atoms with E-state index in [2.05, 4.69) is 15.9 Å². The number of rotatable bonds is 5. The molecule has 94 valence electrons. The molecule has 0 radical (unpaired) electrons. The lowest BCUT2D eigenvalue weighted by Gasteiger charge is -2.08. The highest BCUT2D eigenvalue weighted by molar-refractivity contribution is 9.10. The summed E-state index contributed by atoms with van der Waals surface area (Å²) < 4.78 is 11.3. The summed E-state index contributed by atoms with van der Waals surface area (Å²) in [5, 5.41) is 1.87. The fourth-order valence-electron chi connectivity index (χ4n) is 1.38. The first kappa shape index (κ1) is 13.1. The number of hydrogen-bond donors (Lipinski definition) is 0. The molecule has 18 heavy (non-hydrogen) atoms. The number of thiophene rings is 1. The Morgan fingerprint density at radius 3 is 2.83 bits per heavy atom. The van der Waals surface area contributed by atoms with E-state index in [9.17, 15) is 4.79 Å². The average Bonchev–Trinajstić information content (AvgIpc) is 2.90. The monoisotopic (exact) mass is 326 g/mol. The van der Waals surface area contributed by atoms with Crippen molar-refractivity contribution in [3.63, 3.8) is 0 Å². The highest BCUT2D eigenvalue weighted by Crippen LogP contribution is 2.29. The van der Waals surface area contributed by atoms with Crippen LogP contribution in [-0.4, -0.2) is 19.5 Å². The summed E-state index contributed by atoms with van der Waals surface area (Å²) in [5.41, 5.74) is 0. The van der Waals surface area contributed by atoms with Crippen molar-refractivity contribution in [3.8, 4) is 11.5 Å². The van der Waals surface area contributed by atoms with E-state index in [4.69, 9.17) is 9.47 Å². The van der Waals surface area contributed by atoms with Crippen LogP contribution in [0, 0.1) is 0 Å². The average molecular weight is 327 g/mol. The van der Waals surface area contributed by atoms with Crippen LogP contribution in [0.15, 0.2) is 40.2 Å². The summed E-state index contributed by atoms with van der Waals surface area (Å²) in [4.78, 5) is 12.5. The number of halogens is 1. The van der Waals surface area contributed by atoms with Gasteiger partial charge in [-0.05, 0) is 45.6 Å². The molecule has 0 bridgehead atoms. The lowest BCUT2D eigenvalue weighted by atomic mass is 10.3. The van der Waals surface area contributed by atoms with Crippen LogP contribution in [0.4, 0.5) is 0 Å². The third-order valence-corrected chi connectivity index (χ3v) is 3.82.